The van der Waals surface area contributed by atoms with Gasteiger partial charge < -0.3 is 10.4 Å². The van der Waals surface area contributed by atoms with Crippen LogP contribution in [-0.2, 0) is 4.79 Å². The van der Waals surface area contributed by atoms with Crippen molar-refractivity contribution in [3.05, 3.63) is 105 Å². The standard InChI is InChI=1S/C25H18ClN3O3S/c26-21-10-4-3-9-19(21)24(31)28-22(14-17-7-5-13-33-17)25(32)29-27-15-20-18-8-2-1-6-16(18)11-12-23(20)30/h1-15,30H,(H,28,31)(H,29,32)/b22-14+,27-15+. The molecule has 4 rings (SSSR count). The number of hydrazone groups is 1. The molecule has 0 spiro atoms. The highest BCUT2D eigenvalue weighted by molar-refractivity contribution is 7.10. The molecule has 0 aliphatic heterocycles. The number of nitrogens with zero attached hydrogens (tertiary/aromatic N) is 1. The molecule has 0 aliphatic carbocycles. The maximum Gasteiger partial charge on any atom is 0.287 e. The number of carbonyl (C=O) groups is 2. The molecule has 1 aromatic heterocycles. The van der Waals surface area contributed by atoms with Crippen LogP contribution in [0.4, 0.5) is 0 Å². The van der Waals surface area contributed by atoms with E-state index in [9.17, 15) is 14.7 Å². The quantitative estimate of drug-likeness (QED) is 0.204. The van der Waals surface area contributed by atoms with Gasteiger partial charge in [-0.15, -0.1) is 11.3 Å². The lowest BCUT2D eigenvalue weighted by Gasteiger charge is -2.10. The van der Waals surface area contributed by atoms with Crippen LogP contribution in [0.15, 0.2) is 89.0 Å². The Kier molecular flexibility index (Phi) is 6.83. The molecule has 0 radical (unpaired) electrons. The van der Waals surface area contributed by atoms with Crippen LogP contribution in [0.2, 0.25) is 5.02 Å². The van der Waals surface area contributed by atoms with Crippen molar-refractivity contribution in [1.29, 1.82) is 0 Å². The van der Waals surface area contributed by atoms with Gasteiger partial charge >= 0.3 is 0 Å². The summed E-state index contributed by atoms with van der Waals surface area (Å²) in [5.74, 6) is -1.11. The summed E-state index contributed by atoms with van der Waals surface area (Å²) in [7, 11) is 0. The lowest BCUT2D eigenvalue weighted by molar-refractivity contribution is -0.117. The predicted octanol–water partition coefficient (Wildman–Crippen LogP) is 5.18. The molecule has 4 aromatic rings. The molecule has 0 unspecified atom stereocenters. The average Bonchev–Trinajstić information content (AvgIpc) is 3.33. The second-order valence-electron chi connectivity index (χ2n) is 6.93. The van der Waals surface area contributed by atoms with E-state index >= 15 is 0 Å². The summed E-state index contributed by atoms with van der Waals surface area (Å²) in [4.78, 5) is 26.3. The highest BCUT2D eigenvalue weighted by Crippen LogP contribution is 2.25. The Bertz CT molecular complexity index is 1380. The van der Waals surface area contributed by atoms with Crippen molar-refractivity contribution in [3.63, 3.8) is 0 Å². The van der Waals surface area contributed by atoms with Crippen LogP contribution >= 0.6 is 22.9 Å². The van der Waals surface area contributed by atoms with Crippen LogP contribution < -0.4 is 10.7 Å². The van der Waals surface area contributed by atoms with Gasteiger partial charge in [0.25, 0.3) is 11.8 Å². The van der Waals surface area contributed by atoms with Gasteiger partial charge in [0.15, 0.2) is 0 Å². The number of phenolic OH excluding ortho intramolecular Hbond substituents is 1. The van der Waals surface area contributed by atoms with Crippen molar-refractivity contribution in [2.75, 3.05) is 0 Å². The summed E-state index contributed by atoms with van der Waals surface area (Å²) in [6.45, 7) is 0. The zero-order valence-corrected chi connectivity index (χ0v) is 18.7. The van der Waals surface area contributed by atoms with Crippen molar-refractivity contribution < 1.29 is 14.7 Å². The Balaban J connectivity index is 1.57. The molecule has 0 fully saturated rings. The van der Waals surface area contributed by atoms with Gasteiger partial charge in [-0.1, -0.05) is 60.1 Å². The zero-order valence-electron chi connectivity index (χ0n) is 17.2. The van der Waals surface area contributed by atoms with Crippen molar-refractivity contribution in [2.24, 2.45) is 5.10 Å². The fourth-order valence-electron chi connectivity index (χ4n) is 3.14. The van der Waals surface area contributed by atoms with E-state index < -0.39 is 11.8 Å². The SMILES string of the molecule is O=C(N/N=C/c1c(O)ccc2ccccc12)/C(=C\c1cccs1)NC(=O)c1ccccc1Cl. The van der Waals surface area contributed by atoms with Gasteiger partial charge in [0.05, 0.1) is 16.8 Å². The highest BCUT2D eigenvalue weighted by atomic mass is 35.5. The minimum Gasteiger partial charge on any atom is -0.507 e. The first-order chi connectivity index (χ1) is 16.0. The second kappa shape index (κ2) is 10.1. The summed E-state index contributed by atoms with van der Waals surface area (Å²) < 4.78 is 0. The summed E-state index contributed by atoms with van der Waals surface area (Å²) >= 11 is 7.53. The molecule has 8 heteroatoms. The second-order valence-corrected chi connectivity index (χ2v) is 8.31. The predicted molar refractivity (Wildman–Crippen MR) is 133 cm³/mol. The maximum absolute atomic E-state index is 12.9. The molecule has 0 saturated carbocycles. The van der Waals surface area contributed by atoms with Gasteiger partial charge in [-0.05, 0) is 46.5 Å². The Labute approximate surface area is 198 Å². The van der Waals surface area contributed by atoms with Gasteiger partial charge in [0, 0.05) is 10.4 Å². The zero-order chi connectivity index (χ0) is 23.2. The largest absolute Gasteiger partial charge is 0.507 e. The lowest BCUT2D eigenvalue weighted by Crippen LogP contribution is -2.33. The number of benzene rings is 3. The van der Waals surface area contributed by atoms with E-state index in [0.717, 1.165) is 15.6 Å². The van der Waals surface area contributed by atoms with Crippen molar-refractivity contribution in [3.8, 4) is 5.75 Å². The molecule has 0 saturated heterocycles. The van der Waals surface area contributed by atoms with Crippen LogP contribution in [0, 0.1) is 0 Å². The minimum absolute atomic E-state index is 0.00154. The molecule has 2 amide bonds. The molecule has 0 atom stereocenters. The van der Waals surface area contributed by atoms with Gasteiger partial charge in [-0.3, -0.25) is 9.59 Å². The summed E-state index contributed by atoms with van der Waals surface area (Å²) in [6, 6.07) is 21.1. The molecule has 3 aromatic carbocycles. The smallest absolute Gasteiger partial charge is 0.287 e. The third-order valence-corrected chi connectivity index (χ3v) is 5.90. The molecule has 3 N–H and O–H groups in total. The summed E-state index contributed by atoms with van der Waals surface area (Å²) in [5.41, 5.74) is 3.13. The van der Waals surface area contributed by atoms with Crippen LogP contribution in [0.1, 0.15) is 20.8 Å². The van der Waals surface area contributed by atoms with Crippen LogP contribution in [0.3, 0.4) is 0 Å². The fraction of sp³-hybridized carbons (Fsp3) is 0. The summed E-state index contributed by atoms with van der Waals surface area (Å²) in [5, 5.41) is 20.7. The minimum atomic E-state index is -0.625. The van der Waals surface area contributed by atoms with E-state index in [2.05, 4.69) is 15.8 Å². The number of amides is 2. The highest BCUT2D eigenvalue weighted by Gasteiger charge is 2.16. The molecule has 0 bridgehead atoms. The van der Waals surface area contributed by atoms with Crippen LogP contribution in [0.25, 0.3) is 16.8 Å². The fourth-order valence-corrected chi connectivity index (χ4v) is 4.02. The first-order valence-electron chi connectivity index (χ1n) is 9.88. The van der Waals surface area contributed by atoms with Gasteiger partial charge in [0.1, 0.15) is 11.4 Å². The molecule has 0 aliphatic rings. The van der Waals surface area contributed by atoms with Crippen molar-refractivity contribution >= 4 is 57.8 Å². The van der Waals surface area contributed by atoms with E-state index in [0.29, 0.717) is 5.56 Å². The number of rotatable bonds is 6. The monoisotopic (exact) mass is 475 g/mol. The molecular formula is C25H18ClN3O3S. The number of carbonyl (C=O) groups excluding carboxylic acids is 2. The average molecular weight is 476 g/mol. The third-order valence-electron chi connectivity index (χ3n) is 4.75. The molecule has 6 nitrogen and oxygen atoms in total. The normalized spacial score (nSPS) is 11.6. The molecule has 33 heavy (non-hydrogen) atoms. The number of phenols is 1. The van der Waals surface area contributed by atoms with Crippen molar-refractivity contribution in [2.45, 2.75) is 0 Å². The Morgan fingerprint density at radius 2 is 1.76 bits per heavy atom. The first-order valence-corrected chi connectivity index (χ1v) is 11.1. The van der Waals surface area contributed by atoms with Crippen LogP contribution in [0.5, 0.6) is 5.75 Å². The third kappa shape index (κ3) is 5.28. The Morgan fingerprint density at radius 3 is 2.55 bits per heavy atom. The number of hydrogen-bond acceptors (Lipinski definition) is 5. The number of halogens is 1. The maximum atomic E-state index is 12.9. The van der Waals surface area contributed by atoms with E-state index in [1.807, 2.05) is 41.8 Å². The molecule has 1 heterocycles. The van der Waals surface area contributed by atoms with Crippen molar-refractivity contribution in [1.82, 2.24) is 10.7 Å². The number of aromatic hydroxyl groups is 1. The number of hydrogen-bond donors (Lipinski definition) is 3. The van der Waals surface area contributed by atoms with Gasteiger partial charge in [-0.25, -0.2) is 5.43 Å². The molecule has 164 valence electrons. The van der Waals surface area contributed by atoms with Crippen LogP contribution in [-0.4, -0.2) is 23.1 Å². The Morgan fingerprint density at radius 1 is 0.970 bits per heavy atom. The summed E-state index contributed by atoms with van der Waals surface area (Å²) in [6.07, 6.45) is 2.92. The van der Waals surface area contributed by atoms with E-state index in [4.69, 9.17) is 11.6 Å². The van der Waals surface area contributed by atoms with E-state index in [-0.39, 0.29) is 22.0 Å². The first kappa shape index (κ1) is 22.3. The Hall–Kier alpha value is -3.94. The molecular weight excluding hydrogens is 458 g/mol. The van der Waals surface area contributed by atoms with Gasteiger partial charge in [0.2, 0.25) is 0 Å². The number of nitrogens with one attached hydrogen (secondary N) is 2. The van der Waals surface area contributed by atoms with E-state index in [1.165, 1.54) is 17.6 Å². The topological polar surface area (TPSA) is 90.8 Å². The number of thiophene rings is 1. The lowest BCUT2D eigenvalue weighted by atomic mass is 10.0. The van der Waals surface area contributed by atoms with E-state index in [1.54, 1.807) is 42.5 Å². The number of fused-ring (bicyclic) bond motifs is 1. The van der Waals surface area contributed by atoms with Gasteiger partial charge in [-0.2, -0.15) is 5.10 Å².